The Kier molecular flexibility index (Phi) is 5.76. The Morgan fingerprint density at radius 1 is 1.03 bits per heavy atom. The Hall–Kier alpha value is -3.58. The van der Waals surface area contributed by atoms with E-state index in [2.05, 4.69) is 5.32 Å². The van der Waals surface area contributed by atoms with Crippen molar-refractivity contribution < 1.29 is 9.53 Å². The molecule has 0 radical (unpaired) electrons. The second-order valence-electron chi connectivity index (χ2n) is 7.45. The molecule has 1 atom stereocenters. The number of esters is 1. The van der Waals surface area contributed by atoms with Gasteiger partial charge in [0.2, 0.25) is 0 Å². The summed E-state index contributed by atoms with van der Waals surface area (Å²) in [7, 11) is 3.01. The fourth-order valence-electron chi connectivity index (χ4n) is 4.01. The number of anilines is 1. The molecule has 0 saturated carbocycles. The van der Waals surface area contributed by atoms with Gasteiger partial charge < -0.3 is 10.1 Å². The molecule has 0 fully saturated rings. The largest absolute Gasteiger partial charge is 0.463 e. The Bertz CT molecular complexity index is 1340. The zero-order chi connectivity index (χ0) is 23.0. The summed E-state index contributed by atoms with van der Waals surface area (Å²) in [6.45, 7) is 1.90. The van der Waals surface area contributed by atoms with Crippen LogP contribution in [0.4, 0.5) is 5.82 Å². The average Bonchev–Trinajstić information content (AvgIpc) is 2.81. The van der Waals surface area contributed by atoms with E-state index in [1.54, 1.807) is 38.2 Å². The highest BCUT2D eigenvalue weighted by Gasteiger charge is 2.38. The molecule has 1 aromatic heterocycles. The first-order chi connectivity index (χ1) is 15.3. The van der Waals surface area contributed by atoms with Crippen LogP contribution in [0.1, 0.15) is 29.5 Å². The van der Waals surface area contributed by atoms with Crippen molar-refractivity contribution in [3.8, 4) is 0 Å². The number of fused-ring (bicyclic) bond motifs is 1. The van der Waals surface area contributed by atoms with Crippen LogP contribution in [-0.4, -0.2) is 21.7 Å². The first kappa shape index (κ1) is 21.6. The SMILES string of the molecule is CCOC(=O)C1=C(c2ccccc2)Nc2c(c(=O)n(C)c(=O)n2C)[C@@H]1c1ccc(Cl)cc1. The minimum atomic E-state index is -0.761. The van der Waals surface area contributed by atoms with Crippen molar-refractivity contribution in [2.24, 2.45) is 14.1 Å². The summed E-state index contributed by atoms with van der Waals surface area (Å²) in [5, 5.41) is 3.72. The standard InChI is InChI=1S/C24H22ClN3O4/c1-4-32-23(30)18-17(14-10-12-16(25)13-11-14)19-21(27(2)24(31)28(3)22(19)29)26-20(18)15-8-6-5-7-9-15/h5-13,17,26H,4H2,1-3H3/t17-/m1/s1. The minimum absolute atomic E-state index is 0.176. The van der Waals surface area contributed by atoms with E-state index in [9.17, 15) is 14.4 Å². The molecule has 4 rings (SSSR count). The van der Waals surface area contributed by atoms with Crippen LogP contribution in [0.25, 0.3) is 5.70 Å². The minimum Gasteiger partial charge on any atom is -0.463 e. The zero-order valence-corrected chi connectivity index (χ0v) is 18.6. The van der Waals surface area contributed by atoms with Crippen molar-refractivity contribution in [1.29, 1.82) is 0 Å². The van der Waals surface area contributed by atoms with E-state index in [1.807, 2.05) is 30.3 Å². The summed E-state index contributed by atoms with van der Waals surface area (Å²) in [6, 6.07) is 16.2. The number of halogens is 1. The van der Waals surface area contributed by atoms with Crippen LogP contribution >= 0.6 is 11.6 Å². The third-order valence-corrected chi connectivity index (χ3v) is 5.80. The van der Waals surface area contributed by atoms with Gasteiger partial charge in [0.05, 0.1) is 29.4 Å². The lowest BCUT2D eigenvalue weighted by molar-refractivity contribution is -0.138. The third kappa shape index (κ3) is 3.54. The molecule has 0 saturated heterocycles. The molecule has 164 valence electrons. The number of benzene rings is 2. The number of hydrogen-bond donors (Lipinski definition) is 1. The highest BCUT2D eigenvalue weighted by atomic mass is 35.5. The molecule has 0 spiro atoms. The summed E-state index contributed by atoms with van der Waals surface area (Å²) >= 11 is 6.10. The van der Waals surface area contributed by atoms with Crippen LogP contribution in [0.15, 0.2) is 69.8 Å². The van der Waals surface area contributed by atoms with E-state index in [0.29, 0.717) is 33.2 Å². The fourth-order valence-corrected chi connectivity index (χ4v) is 4.13. The number of hydrogen-bond acceptors (Lipinski definition) is 5. The van der Waals surface area contributed by atoms with E-state index in [0.717, 1.165) is 10.1 Å². The smallest absolute Gasteiger partial charge is 0.337 e. The van der Waals surface area contributed by atoms with Gasteiger partial charge in [0.1, 0.15) is 5.82 Å². The highest BCUT2D eigenvalue weighted by molar-refractivity contribution is 6.30. The molecular weight excluding hydrogens is 430 g/mol. The van der Waals surface area contributed by atoms with Crippen molar-refractivity contribution in [1.82, 2.24) is 9.13 Å². The maximum atomic E-state index is 13.3. The van der Waals surface area contributed by atoms with E-state index in [4.69, 9.17) is 16.3 Å². The average molecular weight is 452 g/mol. The molecule has 0 unspecified atom stereocenters. The van der Waals surface area contributed by atoms with Crippen molar-refractivity contribution in [3.63, 3.8) is 0 Å². The summed E-state index contributed by atoms with van der Waals surface area (Å²) in [5.41, 5.74) is 1.54. The van der Waals surface area contributed by atoms with Gasteiger partial charge in [-0.1, -0.05) is 54.1 Å². The van der Waals surface area contributed by atoms with Crippen LogP contribution < -0.4 is 16.6 Å². The fraction of sp³-hybridized carbons (Fsp3) is 0.208. The van der Waals surface area contributed by atoms with Crippen molar-refractivity contribution >= 4 is 29.1 Å². The van der Waals surface area contributed by atoms with Crippen molar-refractivity contribution in [3.05, 3.63) is 103 Å². The molecule has 1 N–H and O–H groups in total. The van der Waals surface area contributed by atoms with Gasteiger partial charge in [-0.25, -0.2) is 9.59 Å². The summed E-state index contributed by atoms with van der Waals surface area (Å²) in [5.74, 6) is -0.964. The van der Waals surface area contributed by atoms with Gasteiger partial charge in [0, 0.05) is 19.1 Å². The zero-order valence-electron chi connectivity index (χ0n) is 17.9. The Labute approximate surface area is 189 Å². The van der Waals surface area contributed by atoms with E-state index in [1.165, 1.54) is 11.6 Å². The second-order valence-corrected chi connectivity index (χ2v) is 7.89. The van der Waals surface area contributed by atoms with Gasteiger partial charge in [-0.3, -0.25) is 13.9 Å². The molecular formula is C24H22ClN3O4. The molecule has 0 aliphatic carbocycles. The summed E-state index contributed by atoms with van der Waals surface area (Å²) < 4.78 is 7.83. The highest BCUT2D eigenvalue weighted by Crippen LogP contribution is 2.43. The Morgan fingerprint density at radius 2 is 1.69 bits per heavy atom. The van der Waals surface area contributed by atoms with Gasteiger partial charge >= 0.3 is 11.7 Å². The lowest BCUT2D eigenvalue weighted by Gasteiger charge is -2.32. The molecule has 3 aromatic rings. The molecule has 32 heavy (non-hydrogen) atoms. The summed E-state index contributed by atoms with van der Waals surface area (Å²) in [6.07, 6.45) is 0. The maximum absolute atomic E-state index is 13.3. The van der Waals surface area contributed by atoms with Crippen LogP contribution in [0.2, 0.25) is 5.02 Å². The van der Waals surface area contributed by atoms with Crippen molar-refractivity contribution in [2.45, 2.75) is 12.8 Å². The lowest BCUT2D eigenvalue weighted by Crippen LogP contribution is -2.43. The molecule has 2 aromatic carbocycles. The van der Waals surface area contributed by atoms with E-state index in [-0.39, 0.29) is 6.61 Å². The van der Waals surface area contributed by atoms with Crippen LogP contribution in [0.5, 0.6) is 0 Å². The topological polar surface area (TPSA) is 82.3 Å². The third-order valence-electron chi connectivity index (χ3n) is 5.55. The van der Waals surface area contributed by atoms with E-state index >= 15 is 0 Å². The number of nitrogens with zero attached hydrogens (tertiary/aromatic N) is 2. The number of aromatic nitrogens is 2. The molecule has 1 aliphatic heterocycles. The number of rotatable bonds is 4. The Morgan fingerprint density at radius 3 is 2.31 bits per heavy atom. The van der Waals surface area contributed by atoms with Crippen LogP contribution in [0.3, 0.4) is 0 Å². The molecule has 0 amide bonds. The maximum Gasteiger partial charge on any atom is 0.337 e. The molecule has 2 heterocycles. The molecule has 1 aliphatic rings. The van der Waals surface area contributed by atoms with Gasteiger partial charge in [0.25, 0.3) is 5.56 Å². The molecule has 8 heteroatoms. The lowest BCUT2D eigenvalue weighted by atomic mass is 9.81. The quantitative estimate of drug-likeness (QED) is 0.615. The first-order valence-electron chi connectivity index (χ1n) is 10.1. The van der Waals surface area contributed by atoms with Crippen LogP contribution in [0, 0.1) is 0 Å². The molecule has 0 bridgehead atoms. The van der Waals surface area contributed by atoms with Gasteiger partial charge in [-0.15, -0.1) is 0 Å². The first-order valence-corrected chi connectivity index (χ1v) is 10.5. The normalized spacial score (nSPS) is 15.2. The number of carbonyl (C=O) groups excluding carboxylic acids is 1. The number of nitrogens with one attached hydrogen (secondary N) is 1. The number of ether oxygens (including phenoxy) is 1. The van der Waals surface area contributed by atoms with E-state index < -0.39 is 23.1 Å². The monoisotopic (exact) mass is 451 g/mol. The van der Waals surface area contributed by atoms with Gasteiger partial charge in [0.15, 0.2) is 0 Å². The summed E-state index contributed by atoms with van der Waals surface area (Å²) in [4.78, 5) is 39.3. The predicted octanol–water partition coefficient (Wildman–Crippen LogP) is 3.27. The van der Waals surface area contributed by atoms with Crippen molar-refractivity contribution in [2.75, 3.05) is 11.9 Å². The van der Waals surface area contributed by atoms with Gasteiger partial charge in [-0.2, -0.15) is 0 Å². The Balaban J connectivity index is 2.13. The predicted molar refractivity (Wildman–Crippen MR) is 124 cm³/mol. The second kappa shape index (κ2) is 8.51. The number of carbonyl (C=O) groups is 1. The van der Waals surface area contributed by atoms with Crippen LogP contribution in [-0.2, 0) is 23.6 Å². The van der Waals surface area contributed by atoms with Gasteiger partial charge in [-0.05, 0) is 30.2 Å². The molecule has 7 nitrogen and oxygen atoms in total.